The van der Waals surface area contributed by atoms with Crippen molar-refractivity contribution in [3.63, 3.8) is 0 Å². The van der Waals surface area contributed by atoms with E-state index in [1.54, 1.807) is 18.2 Å². The fourth-order valence-corrected chi connectivity index (χ4v) is 1.34. The minimum atomic E-state index is -0.461. The largest absolute Gasteiger partial charge is 0.397 e. The number of nitrogen functional groups attached to an aromatic ring is 1. The molecule has 0 saturated heterocycles. The Hall–Kier alpha value is -1.71. The van der Waals surface area contributed by atoms with Crippen LogP contribution in [-0.2, 0) is 0 Å². The summed E-state index contributed by atoms with van der Waals surface area (Å²) in [6, 6.07) is 5.07. The van der Waals surface area contributed by atoms with E-state index < -0.39 is 5.91 Å². The molecular formula is C13H21N3O. The third-order valence-corrected chi connectivity index (χ3v) is 3.05. The monoisotopic (exact) mass is 235 g/mol. The van der Waals surface area contributed by atoms with Crippen molar-refractivity contribution in [1.29, 1.82) is 0 Å². The predicted octanol–water partition coefficient (Wildman–Crippen LogP) is 2.22. The second-order valence-corrected chi connectivity index (χ2v) is 5.04. The molecule has 17 heavy (non-hydrogen) atoms. The highest BCUT2D eigenvalue weighted by molar-refractivity contribution is 5.94. The summed E-state index contributed by atoms with van der Waals surface area (Å²) in [6.45, 7) is 7.37. The first-order chi connectivity index (χ1) is 7.85. The van der Waals surface area contributed by atoms with Crippen LogP contribution >= 0.6 is 0 Å². The third-order valence-electron chi connectivity index (χ3n) is 3.05. The molecule has 0 bridgehead atoms. The SMILES string of the molecule is CCC(C)(C)CNc1ccc(C(N)=O)cc1N. The van der Waals surface area contributed by atoms with Crippen molar-refractivity contribution in [2.75, 3.05) is 17.6 Å². The second-order valence-electron chi connectivity index (χ2n) is 5.04. The molecule has 94 valence electrons. The van der Waals surface area contributed by atoms with Crippen LogP contribution < -0.4 is 16.8 Å². The van der Waals surface area contributed by atoms with Gasteiger partial charge in [-0.05, 0) is 30.0 Å². The highest BCUT2D eigenvalue weighted by Gasteiger charge is 2.15. The number of nitrogens with two attached hydrogens (primary N) is 2. The van der Waals surface area contributed by atoms with Gasteiger partial charge in [0.1, 0.15) is 0 Å². The van der Waals surface area contributed by atoms with Crippen molar-refractivity contribution in [3.05, 3.63) is 23.8 Å². The standard InChI is InChI=1S/C13H21N3O/c1-4-13(2,3)8-16-11-6-5-9(12(15)17)7-10(11)14/h5-7,16H,4,8,14H2,1-3H3,(H2,15,17). The van der Waals surface area contributed by atoms with E-state index in [-0.39, 0.29) is 5.41 Å². The molecule has 0 fully saturated rings. The van der Waals surface area contributed by atoms with Crippen LogP contribution in [-0.4, -0.2) is 12.5 Å². The van der Waals surface area contributed by atoms with Crippen LogP contribution in [0, 0.1) is 5.41 Å². The molecule has 1 rings (SSSR count). The summed E-state index contributed by atoms with van der Waals surface area (Å²) >= 11 is 0. The molecule has 0 aliphatic heterocycles. The van der Waals surface area contributed by atoms with Crippen LogP contribution in [0.4, 0.5) is 11.4 Å². The van der Waals surface area contributed by atoms with E-state index in [2.05, 4.69) is 26.1 Å². The van der Waals surface area contributed by atoms with E-state index in [4.69, 9.17) is 11.5 Å². The van der Waals surface area contributed by atoms with Crippen molar-refractivity contribution < 1.29 is 4.79 Å². The van der Waals surface area contributed by atoms with Gasteiger partial charge in [0.2, 0.25) is 5.91 Å². The maximum atomic E-state index is 11.0. The van der Waals surface area contributed by atoms with Gasteiger partial charge in [-0.15, -0.1) is 0 Å². The zero-order chi connectivity index (χ0) is 13.1. The van der Waals surface area contributed by atoms with Crippen molar-refractivity contribution in [1.82, 2.24) is 0 Å². The number of anilines is 2. The Morgan fingerprint density at radius 1 is 1.41 bits per heavy atom. The van der Waals surface area contributed by atoms with Crippen LogP contribution in [0.25, 0.3) is 0 Å². The van der Waals surface area contributed by atoms with Gasteiger partial charge in [0.25, 0.3) is 0 Å². The summed E-state index contributed by atoms with van der Waals surface area (Å²) in [6.07, 6.45) is 1.08. The van der Waals surface area contributed by atoms with E-state index in [1.807, 2.05) is 0 Å². The number of hydrogen-bond donors (Lipinski definition) is 3. The maximum Gasteiger partial charge on any atom is 0.248 e. The van der Waals surface area contributed by atoms with E-state index >= 15 is 0 Å². The van der Waals surface area contributed by atoms with Crippen LogP contribution in [0.3, 0.4) is 0 Å². The molecule has 1 aromatic carbocycles. The molecule has 0 radical (unpaired) electrons. The molecule has 0 atom stereocenters. The fourth-order valence-electron chi connectivity index (χ4n) is 1.34. The molecular weight excluding hydrogens is 214 g/mol. The molecule has 4 nitrogen and oxygen atoms in total. The van der Waals surface area contributed by atoms with Crippen LogP contribution in [0.1, 0.15) is 37.6 Å². The molecule has 0 aliphatic rings. The first-order valence-corrected chi connectivity index (χ1v) is 5.79. The Morgan fingerprint density at radius 3 is 2.53 bits per heavy atom. The highest BCUT2D eigenvalue weighted by atomic mass is 16.1. The number of carbonyl (C=O) groups excluding carboxylic acids is 1. The Kier molecular flexibility index (Phi) is 3.99. The Balaban J connectivity index is 2.77. The van der Waals surface area contributed by atoms with Gasteiger partial charge in [0.15, 0.2) is 0 Å². The van der Waals surface area contributed by atoms with Gasteiger partial charge in [-0.2, -0.15) is 0 Å². The smallest absolute Gasteiger partial charge is 0.248 e. The molecule has 0 heterocycles. The van der Waals surface area contributed by atoms with E-state index in [1.165, 1.54) is 0 Å². The summed E-state index contributed by atoms with van der Waals surface area (Å²) in [5, 5.41) is 3.29. The molecule has 0 unspecified atom stereocenters. The van der Waals surface area contributed by atoms with E-state index in [9.17, 15) is 4.79 Å². The lowest BCUT2D eigenvalue weighted by molar-refractivity contribution is 0.100. The van der Waals surface area contributed by atoms with Gasteiger partial charge in [-0.25, -0.2) is 0 Å². The van der Waals surface area contributed by atoms with Crippen molar-refractivity contribution >= 4 is 17.3 Å². The molecule has 0 aromatic heterocycles. The van der Waals surface area contributed by atoms with E-state index in [0.717, 1.165) is 18.7 Å². The molecule has 0 aliphatic carbocycles. The molecule has 1 amide bonds. The third kappa shape index (κ3) is 3.66. The average molecular weight is 235 g/mol. The summed E-state index contributed by atoms with van der Waals surface area (Å²) in [4.78, 5) is 11.0. The minimum absolute atomic E-state index is 0.217. The zero-order valence-corrected chi connectivity index (χ0v) is 10.7. The lowest BCUT2D eigenvalue weighted by atomic mass is 9.90. The second kappa shape index (κ2) is 5.08. The van der Waals surface area contributed by atoms with Crippen LogP contribution in [0.5, 0.6) is 0 Å². The van der Waals surface area contributed by atoms with Crippen LogP contribution in [0.15, 0.2) is 18.2 Å². The number of benzene rings is 1. The number of rotatable bonds is 5. The molecule has 0 spiro atoms. The van der Waals surface area contributed by atoms with Gasteiger partial charge >= 0.3 is 0 Å². The molecule has 4 heteroatoms. The van der Waals surface area contributed by atoms with Crippen LogP contribution in [0.2, 0.25) is 0 Å². The summed E-state index contributed by atoms with van der Waals surface area (Å²) < 4.78 is 0. The number of hydrogen-bond acceptors (Lipinski definition) is 3. The lowest BCUT2D eigenvalue weighted by Crippen LogP contribution is -2.22. The van der Waals surface area contributed by atoms with Crippen molar-refractivity contribution in [2.24, 2.45) is 11.1 Å². The number of primary amides is 1. The Labute approximate surface area is 102 Å². The number of amides is 1. The minimum Gasteiger partial charge on any atom is -0.397 e. The Bertz CT molecular complexity index is 413. The first kappa shape index (κ1) is 13.4. The van der Waals surface area contributed by atoms with Gasteiger partial charge in [0.05, 0.1) is 11.4 Å². The highest BCUT2D eigenvalue weighted by Crippen LogP contribution is 2.24. The fraction of sp³-hybridized carbons (Fsp3) is 0.462. The summed E-state index contributed by atoms with van der Waals surface area (Å²) in [5.74, 6) is -0.461. The summed E-state index contributed by atoms with van der Waals surface area (Å²) in [7, 11) is 0. The van der Waals surface area contributed by atoms with Crippen molar-refractivity contribution in [2.45, 2.75) is 27.2 Å². The topological polar surface area (TPSA) is 81.1 Å². The number of carbonyl (C=O) groups is 1. The van der Waals surface area contributed by atoms with Gasteiger partial charge < -0.3 is 16.8 Å². The first-order valence-electron chi connectivity index (χ1n) is 5.79. The zero-order valence-electron chi connectivity index (χ0n) is 10.7. The molecule has 0 saturated carbocycles. The number of nitrogens with one attached hydrogen (secondary N) is 1. The quantitative estimate of drug-likeness (QED) is 0.684. The van der Waals surface area contributed by atoms with Gasteiger partial charge in [0, 0.05) is 12.1 Å². The van der Waals surface area contributed by atoms with Crippen molar-refractivity contribution in [3.8, 4) is 0 Å². The summed E-state index contributed by atoms with van der Waals surface area (Å²) in [5.41, 5.74) is 13.1. The average Bonchev–Trinajstić information content (AvgIpc) is 2.27. The van der Waals surface area contributed by atoms with Gasteiger partial charge in [-0.1, -0.05) is 20.8 Å². The lowest BCUT2D eigenvalue weighted by Gasteiger charge is -2.24. The van der Waals surface area contributed by atoms with E-state index in [0.29, 0.717) is 11.3 Å². The molecule has 5 N–H and O–H groups in total. The maximum absolute atomic E-state index is 11.0. The predicted molar refractivity (Wildman–Crippen MR) is 71.9 cm³/mol. The Morgan fingerprint density at radius 2 is 2.06 bits per heavy atom. The molecule has 1 aromatic rings. The van der Waals surface area contributed by atoms with Gasteiger partial charge in [-0.3, -0.25) is 4.79 Å². The normalized spacial score (nSPS) is 11.2.